The van der Waals surface area contributed by atoms with Gasteiger partial charge in [-0.15, -0.1) is 0 Å². The van der Waals surface area contributed by atoms with Crippen LogP contribution in [0.5, 0.6) is 23.0 Å². The van der Waals surface area contributed by atoms with Gasteiger partial charge >= 0.3 is 5.97 Å². The summed E-state index contributed by atoms with van der Waals surface area (Å²) in [6.07, 6.45) is 1.48. The van der Waals surface area contributed by atoms with Crippen molar-refractivity contribution in [3.63, 3.8) is 0 Å². The first-order valence-corrected chi connectivity index (χ1v) is 10.9. The zero-order valence-electron chi connectivity index (χ0n) is 19.2. The number of rotatable bonds is 10. The molecule has 2 N–H and O–H groups in total. The molecule has 0 aromatic heterocycles. The third-order valence-corrected chi connectivity index (χ3v) is 5.28. The molecule has 3 rings (SSSR count). The third kappa shape index (κ3) is 6.05. The van der Waals surface area contributed by atoms with Crippen molar-refractivity contribution in [1.29, 1.82) is 0 Å². The average Bonchev–Trinajstić information content (AvgIpc) is 2.83. The molecule has 0 heterocycles. The van der Waals surface area contributed by atoms with Crippen LogP contribution in [-0.2, 0) is 24.4 Å². The molecule has 0 fully saturated rings. The standard InChI is InChI=1S/C27H30O6/c1-18(2)12-13-20-14-15-22(24(25(20)29)27(30)31-3)33-26-21(16-28)10-7-11-23(26)32-17-19-8-5-4-6-9-19/h4-11,14-15,18,28-29H,12-13,16-17H2,1-3H3. The number of aryl methyl sites for hydroxylation is 1. The number of hydrogen-bond donors (Lipinski definition) is 2. The second-order valence-electron chi connectivity index (χ2n) is 8.15. The predicted octanol–water partition coefficient (Wildman–Crippen LogP) is 5.63. The molecule has 0 saturated carbocycles. The Morgan fingerprint density at radius 3 is 2.36 bits per heavy atom. The number of carbonyl (C=O) groups excluding carboxylic acids is 1. The van der Waals surface area contributed by atoms with Crippen LogP contribution < -0.4 is 9.47 Å². The summed E-state index contributed by atoms with van der Waals surface area (Å²) in [7, 11) is 1.25. The summed E-state index contributed by atoms with van der Waals surface area (Å²) in [5, 5.41) is 20.7. The second kappa shape index (κ2) is 11.4. The van der Waals surface area contributed by atoms with Crippen LogP contribution in [-0.4, -0.2) is 23.3 Å². The fraction of sp³-hybridized carbons (Fsp3) is 0.296. The van der Waals surface area contributed by atoms with Crippen molar-refractivity contribution >= 4 is 5.97 Å². The monoisotopic (exact) mass is 450 g/mol. The maximum atomic E-state index is 12.5. The zero-order chi connectivity index (χ0) is 23.8. The van der Waals surface area contributed by atoms with Gasteiger partial charge in [-0.25, -0.2) is 4.79 Å². The molecule has 3 aromatic carbocycles. The van der Waals surface area contributed by atoms with Gasteiger partial charge in [0.2, 0.25) is 0 Å². The van der Waals surface area contributed by atoms with Crippen LogP contribution in [0.2, 0.25) is 0 Å². The van der Waals surface area contributed by atoms with Gasteiger partial charge in [-0.2, -0.15) is 0 Å². The molecule has 174 valence electrons. The first-order chi connectivity index (χ1) is 15.9. The number of phenolic OH excluding ortho intramolecular Hbond substituents is 1. The van der Waals surface area contributed by atoms with Crippen molar-refractivity contribution in [1.82, 2.24) is 0 Å². The van der Waals surface area contributed by atoms with Gasteiger partial charge in [0, 0.05) is 5.56 Å². The van der Waals surface area contributed by atoms with Crippen molar-refractivity contribution in [2.45, 2.75) is 39.9 Å². The highest BCUT2D eigenvalue weighted by Gasteiger charge is 2.24. The minimum Gasteiger partial charge on any atom is -0.507 e. The molecule has 0 aliphatic heterocycles. The number of aliphatic hydroxyl groups is 1. The van der Waals surface area contributed by atoms with Crippen LogP contribution in [0.1, 0.15) is 47.3 Å². The quantitative estimate of drug-likeness (QED) is 0.389. The maximum Gasteiger partial charge on any atom is 0.345 e. The molecule has 0 amide bonds. The maximum absolute atomic E-state index is 12.5. The minimum absolute atomic E-state index is 0.0551. The summed E-state index contributed by atoms with van der Waals surface area (Å²) >= 11 is 0. The van der Waals surface area contributed by atoms with Crippen LogP contribution in [0.25, 0.3) is 0 Å². The first kappa shape index (κ1) is 24.1. The van der Waals surface area contributed by atoms with E-state index in [0.29, 0.717) is 35.8 Å². The van der Waals surface area contributed by atoms with Crippen molar-refractivity contribution in [2.75, 3.05) is 7.11 Å². The lowest BCUT2D eigenvalue weighted by atomic mass is 9.99. The predicted molar refractivity (Wildman–Crippen MR) is 126 cm³/mol. The van der Waals surface area contributed by atoms with Gasteiger partial charge in [0.25, 0.3) is 0 Å². The van der Waals surface area contributed by atoms with Gasteiger partial charge in [0.15, 0.2) is 11.5 Å². The van der Waals surface area contributed by atoms with Crippen molar-refractivity contribution in [3.05, 3.63) is 82.9 Å². The topological polar surface area (TPSA) is 85.2 Å². The normalized spacial score (nSPS) is 10.8. The number of ether oxygens (including phenoxy) is 3. The number of para-hydroxylation sites is 1. The molecule has 6 heteroatoms. The Kier molecular flexibility index (Phi) is 8.33. The van der Waals surface area contributed by atoms with E-state index in [1.807, 2.05) is 30.3 Å². The van der Waals surface area contributed by atoms with Crippen molar-refractivity contribution in [3.8, 4) is 23.0 Å². The number of aliphatic hydroxyl groups excluding tert-OH is 1. The van der Waals surface area contributed by atoms with E-state index in [-0.39, 0.29) is 29.4 Å². The van der Waals surface area contributed by atoms with Gasteiger partial charge in [-0.1, -0.05) is 62.4 Å². The molecule has 0 aliphatic carbocycles. The summed E-state index contributed by atoms with van der Waals surface area (Å²) < 4.78 is 17.0. The third-order valence-electron chi connectivity index (χ3n) is 5.28. The van der Waals surface area contributed by atoms with E-state index in [0.717, 1.165) is 12.0 Å². The summed E-state index contributed by atoms with van der Waals surface area (Å²) in [6.45, 7) is 4.20. The second-order valence-corrected chi connectivity index (χ2v) is 8.15. The molecule has 0 aliphatic rings. The van der Waals surface area contributed by atoms with E-state index in [9.17, 15) is 15.0 Å². The molecule has 6 nitrogen and oxygen atoms in total. The lowest BCUT2D eigenvalue weighted by Gasteiger charge is -2.18. The minimum atomic E-state index is -0.706. The van der Waals surface area contributed by atoms with E-state index < -0.39 is 5.97 Å². The fourth-order valence-electron chi connectivity index (χ4n) is 3.41. The van der Waals surface area contributed by atoms with Crippen molar-refractivity contribution in [2.24, 2.45) is 5.92 Å². The molecule has 0 spiro atoms. The van der Waals surface area contributed by atoms with Crippen LogP contribution in [0.4, 0.5) is 0 Å². The van der Waals surface area contributed by atoms with Gasteiger partial charge in [0.1, 0.15) is 23.7 Å². The van der Waals surface area contributed by atoms with E-state index in [1.54, 1.807) is 30.3 Å². The lowest BCUT2D eigenvalue weighted by Crippen LogP contribution is -2.07. The number of phenols is 1. The molecule has 33 heavy (non-hydrogen) atoms. The summed E-state index contributed by atoms with van der Waals surface area (Å²) in [4.78, 5) is 12.5. The van der Waals surface area contributed by atoms with Crippen LogP contribution >= 0.6 is 0 Å². The summed E-state index contributed by atoms with van der Waals surface area (Å²) in [6, 6.07) is 18.2. The van der Waals surface area contributed by atoms with Crippen LogP contribution in [0.15, 0.2) is 60.7 Å². The Morgan fingerprint density at radius 2 is 1.70 bits per heavy atom. The number of carbonyl (C=O) groups is 1. The SMILES string of the molecule is COC(=O)c1c(Oc2c(CO)cccc2OCc2ccccc2)ccc(CCC(C)C)c1O. The zero-order valence-corrected chi connectivity index (χ0v) is 19.2. The Morgan fingerprint density at radius 1 is 0.939 bits per heavy atom. The lowest BCUT2D eigenvalue weighted by molar-refractivity contribution is 0.0594. The first-order valence-electron chi connectivity index (χ1n) is 10.9. The van der Waals surface area contributed by atoms with Crippen molar-refractivity contribution < 1.29 is 29.2 Å². The van der Waals surface area contributed by atoms with E-state index in [4.69, 9.17) is 14.2 Å². The number of hydrogen-bond acceptors (Lipinski definition) is 6. The number of methoxy groups -OCH3 is 1. The highest BCUT2D eigenvalue weighted by atomic mass is 16.5. The van der Waals surface area contributed by atoms with E-state index in [2.05, 4.69) is 13.8 Å². The smallest absolute Gasteiger partial charge is 0.345 e. The molecular weight excluding hydrogens is 420 g/mol. The van der Waals surface area contributed by atoms with Crippen LogP contribution in [0, 0.1) is 5.92 Å². The van der Waals surface area contributed by atoms with E-state index >= 15 is 0 Å². The largest absolute Gasteiger partial charge is 0.507 e. The van der Waals surface area contributed by atoms with Gasteiger partial charge < -0.3 is 24.4 Å². The molecular formula is C27H30O6. The average molecular weight is 451 g/mol. The molecule has 0 unspecified atom stereocenters. The number of aromatic hydroxyl groups is 1. The van der Waals surface area contributed by atoms with Gasteiger partial charge in [-0.05, 0) is 42.0 Å². The molecule has 3 aromatic rings. The van der Waals surface area contributed by atoms with Gasteiger partial charge in [0.05, 0.1) is 13.7 Å². The molecule has 0 bridgehead atoms. The summed E-state index contributed by atoms with van der Waals surface area (Å²) in [5.41, 5.74) is 2.05. The Bertz CT molecular complexity index is 1080. The van der Waals surface area contributed by atoms with Gasteiger partial charge in [-0.3, -0.25) is 0 Å². The number of benzene rings is 3. The van der Waals surface area contributed by atoms with E-state index in [1.165, 1.54) is 7.11 Å². The highest BCUT2D eigenvalue weighted by Crippen LogP contribution is 2.40. The molecule has 0 saturated heterocycles. The molecule has 0 atom stereocenters. The fourth-order valence-corrected chi connectivity index (χ4v) is 3.41. The highest BCUT2D eigenvalue weighted by molar-refractivity contribution is 5.96. The Balaban J connectivity index is 1.97. The number of esters is 1. The Labute approximate surface area is 194 Å². The van der Waals surface area contributed by atoms with Crippen LogP contribution in [0.3, 0.4) is 0 Å². The molecule has 0 radical (unpaired) electrons. The Hall–Kier alpha value is -3.51. The summed E-state index contributed by atoms with van der Waals surface area (Å²) in [5.74, 6) is 0.385.